The van der Waals surface area contributed by atoms with Crippen LogP contribution in [0.2, 0.25) is 0 Å². The van der Waals surface area contributed by atoms with Gasteiger partial charge in [-0.15, -0.1) is 0 Å². The maximum absolute atomic E-state index is 9.34. The fraction of sp³-hybridized carbons (Fsp3) is 0.333. The molecule has 0 radical (unpaired) electrons. The largest absolute Gasteiger partial charge is 0.306 e. The van der Waals surface area contributed by atoms with Crippen molar-refractivity contribution in [3.63, 3.8) is 0 Å². The molecule has 1 aromatic heterocycles. The third-order valence-electron chi connectivity index (χ3n) is 5.55. The van der Waals surface area contributed by atoms with E-state index < -0.39 is 5.54 Å². The first-order valence-corrected chi connectivity index (χ1v) is 10.4. The number of pyridine rings is 1. The number of rotatable bonds is 6. The molecule has 1 aliphatic heterocycles. The zero-order chi connectivity index (χ0) is 21.9. The van der Waals surface area contributed by atoms with Crippen molar-refractivity contribution in [2.45, 2.75) is 52.0 Å². The molecule has 3 rings (SSSR count). The smallest absolute Gasteiger partial charge is 0.186 e. The third kappa shape index (κ3) is 3.79. The highest BCUT2D eigenvalue weighted by molar-refractivity contribution is 7.80. The van der Waals surface area contributed by atoms with Crippen LogP contribution in [0.3, 0.4) is 0 Å². The Balaban J connectivity index is 1.93. The number of hydrogen-bond acceptors (Lipinski definition) is 4. The molecule has 0 unspecified atom stereocenters. The molecule has 5 nitrogen and oxygen atoms in total. The lowest BCUT2D eigenvalue weighted by molar-refractivity contribution is 0.631. The van der Waals surface area contributed by atoms with Gasteiger partial charge in [0.1, 0.15) is 0 Å². The van der Waals surface area contributed by atoms with Crippen molar-refractivity contribution >= 4 is 28.7 Å². The van der Waals surface area contributed by atoms with Gasteiger partial charge in [-0.2, -0.15) is 10.5 Å². The summed E-state index contributed by atoms with van der Waals surface area (Å²) in [4.78, 5) is 8.63. The van der Waals surface area contributed by atoms with Crippen LogP contribution in [-0.4, -0.2) is 15.6 Å². The summed E-state index contributed by atoms with van der Waals surface area (Å²) in [5.41, 5.74) is 4.90. The molecule has 0 spiro atoms. The van der Waals surface area contributed by atoms with E-state index in [0.29, 0.717) is 17.1 Å². The highest BCUT2D eigenvalue weighted by atomic mass is 32.1. The van der Waals surface area contributed by atoms with Gasteiger partial charge in [0.15, 0.2) is 5.11 Å². The van der Waals surface area contributed by atoms with Gasteiger partial charge in [0, 0.05) is 23.5 Å². The molecule has 0 saturated carbocycles. The second-order valence-electron chi connectivity index (χ2n) is 7.79. The van der Waals surface area contributed by atoms with E-state index in [9.17, 15) is 5.26 Å². The van der Waals surface area contributed by atoms with Crippen LogP contribution in [0.25, 0.3) is 0 Å². The highest BCUT2D eigenvalue weighted by Crippen LogP contribution is 2.41. The third-order valence-corrected chi connectivity index (χ3v) is 5.92. The van der Waals surface area contributed by atoms with Crippen LogP contribution >= 0.6 is 12.2 Å². The van der Waals surface area contributed by atoms with E-state index in [1.54, 1.807) is 0 Å². The van der Waals surface area contributed by atoms with Crippen molar-refractivity contribution in [1.29, 1.82) is 10.5 Å². The molecule has 2 aromatic rings. The Bertz CT molecular complexity index is 1060. The highest BCUT2D eigenvalue weighted by Gasteiger charge is 2.45. The zero-order valence-electron chi connectivity index (χ0n) is 17.6. The van der Waals surface area contributed by atoms with Crippen LogP contribution in [0.1, 0.15) is 50.4 Å². The lowest BCUT2D eigenvalue weighted by Crippen LogP contribution is -2.41. The van der Waals surface area contributed by atoms with E-state index in [-0.39, 0.29) is 0 Å². The molecule has 1 aromatic carbocycles. The Morgan fingerprint density at radius 3 is 2.50 bits per heavy atom. The van der Waals surface area contributed by atoms with E-state index in [1.807, 2.05) is 48.4 Å². The van der Waals surface area contributed by atoms with Crippen molar-refractivity contribution in [1.82, 2.24) is 4.98 Å². The van der Waals surface area contributed by atoms with Gasteiger partial charge < -0.3 is 4.90 Å². The summed E-state index contributed by atoms with van der Waals surface area (Å²) in [5.74, 6) is 0. The number of hydrogen-bond donors (Lipinski definition) is 0. The van der Waals surface area contributed by atoms with Gasteiger partial charge in [-0.05, 0) is 81.2 Å². The minimum absolute atomic E-state index is 0.429. The molecule has 30 heavy (non-hydrogen) atoms. The molecule has 1 aliphatic rings. The van der Waals surface area contributed by atoms with Crippen LogP contribution in [0.4, 0.5) is 11.4 Å². The van der Waals surface area contributed by atoms with Gasteiger partial charge in [0.05, 0.1) is 35.1 Å². The lowest BCUT2D eigenvalue weighted by atomic mass is 9.99. The number of benzene rings is 1. The van der Waals surface area contributed by atoms with Crippen molar-refractivity contribution in [3.05, 3.63) is 65.6 Å². The van der Waals surface area contributed by atoms with Crippen LogP contribution in [0.15, 0.2) is 48.8 Å². The van der Waals surface area contributed by atoms with Gasteiger partial charge in [0.25, 0.3) is 0 Å². The van der Waals surface area contributed by atoms with E-state index in [0.717, 1.165) is 47.6 Å². The fourth-order valence-electron chi connectivity index (χ4n) is 3.72. The summed E-state index contributed by atoms with van der Waals surface area (Å²) in [6.07, 6.45) is 4.73. The Morgan fingerprint density at radius 2 is 1.90 bits per heavy atom. The molecule has 152 valence electrons. The minimum atomic E-state index is -0.429. The quantitative estimate of drug-likeness (QED) is 0.473. The zero-order valence-corrected chi connectivity index (χ0v) is 18.5. The average Bonchev–Trinajstić information content (AvgIpc) is 2.92. The summed E-state index contributed by atoms with van der Waals surface area (Å²) >= 11 is 5.87. The maximum atomic E-state index is 9.34. The number of anilines is 2. The molecule has 2 heterocycles. The summed E-state index contributed by atoms with van der Waals surface area (Å²) in [6.45, 7) is 10.6. The predicted molar refractivity (Wildman–Crippen MR) is 124 cm³/mol. The number of aryl methyl sites for hydroxylation is 2. The fourth-order valence-corrected chi connectivity index (χ4v) is 4.27. The van der Waals surface area contributed by atoms with Crippen molar-refractivity contribution in [2.75, 3.05) is 9.80 Å². The summed E-state index contributed by atoms with van der Waals surface area (Å²) in [6, 6.07) is 14.2. The predicted octanol–water partition coefficient (Wildman–Crippen LogP) is 5.27. The first-order chi connectivity index (χ1) is 14.3. The Hall–Kier alpha value is -3.22. The molecular weight excluding hydrogens is 390 g/mol. The van der Waals surface area contributed by atoms with Gasteiger partial charge in [-0.25, -0.2) is 0 Å². The van der Waals surface area contributed by atoms with Crippen LogP contribution in [0, 0.1) is 22.7 Å². The molecule has 1 fully saturated rings. The van der Waals surface area contributed by atoms with Crippen LogP contribution < -0.4 is 9.80 Å². The van der Waals surface area contributed by atoms with Crippen molar-refractivity contribution in [2.24, 2.45) is 0 Å². The Kier molecular flexibility index (Phi) is 6.20. The second kappa shape index (κ2) is 8.65. The lowest BCUT2D eigenvalue weighted by Gasteiger charge is -2.31. The number of aromatic nitrogens is 1. The van der Waals surface area contributed by atoms with Gasteiger partial charge >= 0.3 is 0 Å². The number of unbranched alkanes of at least 4 members (excludes halogenated alkanes) is 1. The topological polar surface area (TPSA) is 67.0 Å². The van der Waals surface area contributed by atoms with Crippen molar-refractivity contribution in [3.8, 4) is 12.1 Å². The van der Waals surface area contributed by atoms with E-state index in [2.05, 4.69) is 42.4 Å². The molecule has 0 aliphatic carbocycles. The minimum Gasteiger partial charge on any atom is -0.306 e. The summed E-state index contributed by atoms with van der Waals surface area (Å²) in [5, 5.41) is 18.7. The SMILES string of the molecule is C=C1N(c2ccc(C#N)c(CC)c2)C(=S)N(c2ccc(CCCC#N)nc2)C1(C)C. The summed E-state index contributed by atoms with van der Waals surface area (Å²) < 4.78 is 0. The van der Waals surface area contributed by atoms with E-state index in [4.69, 9.17) is 17.5 Å². The average molecular weight is 416 g/mol. The van der Waals surface area contributed by atoms with Gasteiger partial charge in [0.2, 0.25) is 0 Å². The van der Waals surface area contributed by atoms with E-state index >= 15 is 0 Å². The maximum Gasteiger partial charge on any atom is 0.186 e. The first kappa shape index (κ1) is 21.5. The molecule has 0 N–H and O–H groups in total. The van der Waals surface area contributed by atoms with Crippen molar-refractivity contribution < 1.29 is 0 Å². The molecular formula is C24H25N5S. The molecule has 6 heteroatoms. The summed E-state index contributed by atoms with van der Waals surface area (Å²) in [7, 11) is 0. The monoisotopic (exact) mass is 415 g/mol. The molecule has 0 atom stereocenters. The van der Waals surface area contributed by atoms with Crippen LogP contribution in [0.5, 0.6) is 0 Å². The standard InChI is InChI=1S/C24H25N5S/c1-5-18-14-21(11-9-19(18)15-26)28-17(2)24(3,4)29(23(28)30)22-12-10-20(27-16-22)8-6-7-13-25/h9-12,14,16H,2,5-8H2,1,3-4H3. The number of nitriles is 2. The van der Waals surface area contributed by atoms with E-state index in [1.165, 1.54) is 0 Å². The molecule has 0 amide bonds. The normalized spacial score (nSPS) is 15.2. The first-order valence-electron chi connectivity index (χ1n) is 10.0. The van der Waals surface area contributed by atoms with Crippen LogP contribution in [-0.2, 0) is 12.8 Å². The Labute approximate surface area is 183 Å². The van der Waals surface area contributed by atoms with Gasteiger partial charge in [-0.3, -0.25) is 9.88 Å². The second-order valence-corrected chi connectivity index (χ2v) is 8.15. The number of thiocarbonyl (C=S) groups is 1. The molecule has 1 saturated heterocycles. The van der Waals surface area contributed by atoms with Gasteiger partial charge in [-0.1, -0.05) is 13.5 Å². The number of nitrogens with zero attached hydrogens (tertiary/aromatic N) is 5. The molecule has 0 bridgehead atoms. The Morgan fingerprint density at radius 1 is 1.17 bits per heavy atom.